The minimum Gasteiger partial charge on any atom is -0.478 e. The lowest BCUT2D eigenvalue weighted by Crippen LogP contribution is -2.19. The molecule has 5 nitrogen and oxygen atoms in total. The van der Waals surface area contributed by atoms with Crippen LogP contribution in [0, 0.1) is 0 Å². The van der Waals surface area contributed by atoms with Crippen molar-refractivity contribution in [1.82, 2.24) is 4.98 Å². The Labute approximate surface area is 117 Å². The molecule has 1 unspecified atom stereocenters. The number of hydrogen-bond donors (Lipinski definition) is 1. The summed E-state index contributed by atoms with van der Waals surface area (Å²) >= 11 is 0. The van der Waals surface area contributed by atoms with Gasteiger partial charge in [-0.2, -0.15) is 0 Å². The van der Waals surface area contributed by atoms with Crippen LogP contribution in [0.3, 0.4) is 0 Å². The molecule has 1 N–H and O–H groups in total. The number of benzene rings is 1. The molecule has 2 rings (SSSR count). The van der Waals surface area contributed by atoms with Crippen molar-refractivity contribution in [1.29, 1.82) is 0 Å². The highest BCUT2D eigenvalue weighted by Crippen LogP contribution is 2.21. The van der Waals surface area contributed by atoms with E-state index in [9.17, 15) is 4.79 Å². The zero-order valence-corrected chi connectivity index (χ0v) is 11.5. The van der Waals surface area contributed by atoms with Crippen molar-refractivity contribution in [3.8, 4) is 5.88 Å². The molecule has 0 fully saturated rings. The third kappa shape index (κ3) is 3.24. The van der Waals surface area contributed by atoms with Crippen molar-refractivity contribution >= 4 is 16.9 Å². The van der Waals surface area contributed by atoms with E-state index in [1.807, 2.05) is 13.8 Å². The van der Waals surface area contributed by atoms with E-state index in [4.69, 9.17) is 14.6 Å². The Bertz CT molecular complexity index is 612. The number of nitrogens with zero attached hydrogens (tertiary/aromatic N) is 1. The molecule has 0 radical (unpaired) electrons. The summed E-state index contributed by atoms with van der Waals surface area (Å²) in [4.78, 5) is 15.4. The fourth-order valence-electron chi connectivity index (χ4n) is 1.91. The molecule has 0 saturated carbocycles. The SMILES string of the molecule is CCOCC(C)Oc1ccc2c(C(=O)O)cccc2n1. The smallest absolute Gasteiger partial charge is 0.336 e. The molecule has 1 heterocycles. The van der Waals surface area contributed by atoms with Crippen LogP contribution in [0.2, 0.25) is 0 Å². The van der Waals surface area contributed by atoms with Gasteiger partial charge in [0, 0.05) is 18.1 Å². The molecule has 0 aliphatic heterocycles. The van der Waals surface area contributed by atoms with Gasteiger partial charge in [0.1, 0.15) is 6.10 Å². The van der Waals surface area contributed by atoms with Gasteiger partial charge in [0.05, 0.1) is 17.7 Å². The van der Waals surface area contributed by atoms with Gasteiger partial charge in [0.15, 0.2) is 0 Å². The summed E-state index contributed by atoms with van der Waals surface area (Å²) in [5.74, 6) is -0.497. The zero-order chi connectivity index (χ0) is 14.5. The molecular weight excluding hydrogens is 258 g/mol. The predicted molar refractivity (Wildman–Crippen MR) is 75.3 cm³/mol. The second-order valence-electron chi connectivity index (χ2n) is 4.41. The Morgan fingerprint density at radius 2 is 2.15 bits per heavy atom. The number of rotatable bonds is 6. The van der Waals surface area contributed by atoms with Crippen LogP contribution in [0.4, 0.5) is 0 Å². The van der Waals surface area contributed by atoms with Gasteiger partial charge in [-0.3, -0.25) is 0 Å². The van der Waals surface area contributed by atoms with E-state index in [-0.39, 0.29) is 11.7 Å². The lowest BCUT2D eigenvalue weighted by molar-refractivity contribution is 0.0635. The van der Waals surface area contributed by atoms with Crippen LogP contribution in [0.25, 0.3) is 10.9 Å². The van der Waals surface area contributed by atoms with Crippen molar-refractivity contribution in [2.24, 2.45) is 0 Å². The quantitative estimate of drug-likeness (QED) is 0.877. The van der Waals surface area contributed by atoms with Crippen molar-refractivity contribution in [3.05, 3.63) is 35.9 Å². The third-order valence-corrected chi connectivity index (χ3v) is 2.82. The summed E-state index contributed by atoms with van der Waals surface area (Å²) in [7, 11) is 0. The molecule has 1 aromatic carbocycles. The van der Waals surface area contributed by atoms with E-state index in [0.717, 1.165) is 0 Å². The number of pyridine rings is 1. The molecule has 0 aliphatic rings. The Morgan fingerprint density at radius 1 is 1.35 bits per heavy atom. The van der Waals surface area contributed by atoms with Gasteiger partial charge in [-0.1, -0.05) is 6.07 Å². The average molecular weight is 275 g/mol. The summed E-state index contributed by atoms with van der Waals surface area (Å²) < 4.78 is 10.9. The van der Waals surface area contributed by atoms with Crippen LogP contribution in [0.1, 0.15) is 24.2 Å². The summed E-state index contributed by atoms with van der Waals surface area (Å²) in [5, 5.41) is 9.72. The zero-order valence-electron chi connectivity index (χ0n) is 11.5. The lowest BCUT2D eigenvalue weighted by Gasteiger charge is -2.14. The van der Waals surface area contributed by atoms with E-state index in [1.54, 1.807) is 30.3 Å². The Hall–Kier alpha value is -2.14. The highest BCUT2D eigenvalue weighted by Gasteiger charge is 2.10. The second kappa shape index (κ2) is 6.34. The van der Waals surface area contributed by atoms with Crippen LogP contribution in [-0.2, 0) is 4.74 Å². The van der Waals surface area contributed by atoms with Gasteiger partial charge in [0.2, 0.25) is 5.88 Å². The predicted octanol–water partition coefficient (Wildman–Crippen LogP) is 2.74. The minimum atomic E-state index is -0.962. The number of fused-ring (bicyclic) bond motifs is 1. The first-order valence-electron chi connectivity index (χ1n) is 6.49. The lowest BCUT2D eigenvalue weighted by atomic mass is 10.1. The minimum absolute atomic E-state index is 0.109. The number of aromatic carboxylic acids is 1. The number of carbonyl (C=O) groups is 1. The topological polar surface area (TPSA) is 68.7 Å². The summed E-state index contributed by atoms with van der Waals surface area (Å²) in [5.41, 5.74) is 0.843. The summed E-state index contributed by atoms with van der Waals surface area (Å²) in [6, 6.07) is 8.39. The largest absolute Gasteiger partial charge is 0.478 e. The standard InChI is InChI=1S/C15H17NO4/c1-3-19-9-10(2)20-14-8-7-11-12(15(17)18)5-4-6-13(11)16-14/h4-8,10H,3,9H2,1-2H3,(H,17,18). The van der Waals surface area contributed by atoms with Crippen LogP contribution in [0.15, 0.2) is 30.3 Å². The first kappa shape index (κ1) is 14.3. The van der Waals surface area contributed by atoms with E-state index >= 15 is 0 Å². The van der Waals surface area contributed by atoms with E-state index < -0.39 is 5.97 Å². The summed E-state index contributed by atoms with van der Waals surface area (Å²) in [6.07, 6.45) is -0.109. The van der Waals surface area contributed by atoms with E-state index in [2.05, 4.69) is 4.98 Å². The van der Waals surface area contributed by atoms with Crippen LogP contribution in [-0.4, -0.2) is 35.4 Å². The molecule has 106 valence electrons. The Balaban J connectivity index is 2.24. The first-order chi connectivity index (χ1) is 9.61. The molecule has 0 saturated heterocycles. The number of ether oxygens (including phenoxy) is 2. The molecule has 5 heteroatoms. The summed E-state index contributed by atoms with van der Waals surface area (Å²) in [6.45, 7) is 4.95. The molecule has 20 heavy (non-hydrogen) atoms. The van der Waals surface area contributed by atoms with Gasteiger partial charge >= 0.3 is 5.97 Å². The maximum Gasteiger partial charge on any atom is 0.336 e. The molecule has 1 aromatic heterocycles. The average Bonchev–Trinajstić information content (AvgIpc) is 2.44. The van der Waals surface area contributed by atoms with Gasteiger partial charge in [-0.25, -0.2) is 9.78 Å². The van der Waals surface area contributed by atoms with Crippen molar-refractivity contribution in [2.45, 2.75) is 20.0 Å². The third-order valence-electron chi connectivity index (χ3n) is 2.82. The Kier molecular flexibility index (Phi) is 4.53. The molecular formula is C15H17NO4. The maximum absolute atomic E-state index is 11.1. The number of carboxylic acid groups (broad SMARTS) is 1. The second-order valence-corrected chi connectivity index (χ2v) is 4.41. The van der Waals surface area contributed by atoms with Crippen molar-refractivity contribution < 1.29 is 19.4 Å². The van der Waals surface area contributed by atoms with Crippen molar-refractivity contribution in [3.63, 3.8) is 0 Å². The van der Waals surface area contributed by atoms with Gasteiger partial charge in [-0.15, -0.1) is 0 Å². The molecule has 2 aromatic rings. The maximum atomic E-state index is 11.1. The molecule has 0 aliphatic carbocycles. The number of hydrogen-bond acceptors (Lipinski definition) is 4. The first-order valence-corrected chi connectivity index (χ1v) is 6.49. The van der Waals surface area contributed by atoms with Crippen LogP contribution < -0.4 is 4.74 Å². The Morgan fingerprint density at radius 3 is 2.85 bits per heavy atom. The highest BCUT2D eigenvalue weighted by molar-refractivity contribution is 6.02. The monoisotopic (exact) mass is 275 g/mol. The molecule has 0 bridgehead atoms. The number of aromatic nitrogens is 1. The number of carboxylic acids is 1. The fraction of sp³-hybridized carbons (Fsp3) is 0.333. The fourth-order valence-corrected chi connectivity index (χ4v) is 1.91. The van der Waals surface area contributed by atoms with Crippen molar-refractivity contribution in [2.75, 3.05) is 13.2 Å². The highest BCUT2D eigenvalue weighted by atomic mass is 16.5. The van der Waals surface area contributed by atoms with Gasteiger partial charge in [0.25, 0.3) is 0 Å². The van der Waals surface area contributed by atoms with Crippen LogP contribution >= 0.6 is 0 Å². The normalized spacial score (nSPS) is 12.3. The van der Waals surface area contributed by atoms with Gasteiger partial charge < -0.3 is 14.6 Å². The molecule has 1 atom stereocenters. The van der Waals surface area contributed by atoms with E-state index in [0.29, 0.717) is 30.0 Å². The molecule has 0 spiro atoms. The van der Waals surface area contributed by atoms with E-state index in [1.165, 1.54) is 0 Å². The van der Waals surface area contributed by atoms with Gasteiger partial charge in [-0.05, 0) is 32.0 Å². The molecule has 0 amide bonds. The van der Waals surface area contributed by atoms with Crippen LogP contribution in [0.5, 0.6) is 5.88 Å².